The molecule has 1 aliphatic rings. The van der Waals surface area contributed by atoms with Gasteiger partial charge in [-0.05, 0) is 111 Å². The molecule has 11 aromatic rings. The monoisotopic (exact) mass is 883 g/mol. The Bertz CT molecular complexity index is 3600. The minimum atomic E-state index is 0.130. The number of allylic oxidation sites excluding steroid dienone is 3. The highest BCUT2D eigenvalue weighted by Crippen LogP contribution is 2.43. The molecule has 12 rings (SSSR count). The lowest BCUT2D eigenvalue weighted by atomic mass is 9.91. The van der Waals surface area contributed by atoms with Crippen LogP contribution in [0.2, 0.25) is 0 Å². The maximum absolute atomic E-state index is 5.58. The Morgan fingerprint density at radius 3 is 1.42 bits per heavy atom. The lowest BCUT2D eigenvalue weighted by Gasteiger charge is -2.29. The molecular formula is C66H49N3. The summed E-state index contributed by atoms with van der Waals surface area (Å²) < 4.78 is 2.43. The molecule has 3 heterocycles. The molecule has 0 amide bonds. The van der Waals surface area contributed by atoms with Crippen LogP contribution in [0.3, 0.4) is 0 Å². The summed E-state index contributed by atoms with van der Waals surface area (Å²) in [6.45, 7) is 3.00. The van der Waals surface area contributed by atoms with E-state index in [2.05, 4.69) is 277 Å². The predicted octanol–water partition coefficient (Wildman–Crippen LogP) is 17.4. The molecule has 3 nitrogen and oxygen atoms in total. The van der Waals surface area contributed by atoms with Crippen LogP contribution >= 0.6 is 0 Å². The van der Waals surface area contributed by atoms with Crippen molar-refractivity contribution in [1.82, 2.24) is 9.55 Å². The number of pyridine rings is 1. The van der Waals surface area contributed by atoms with Crippen LogP contribution in [-0.2, 0) is 0 Å². The van der Waals surface area contributed by atoms with Crippen molar-refractivity contribution in [3.8, 4) is 61.6 Å². The summed E-state index contributed by atoms with van der Waals surface area (Å²) in [4.78, 5) is 8.05. The molecule has 1 atom stereocenters. The lowest BCUT2D eigenvalue weighted by Crippen LogP contribution is -2.19. The summed E-state index contributed by atoms with van der Waals surface area (Å²) in [5, 5.41) is 2.42. The highest BCUT2D eigenvalue weighted by molar-refractivity contribution is 6.12. The molecule has 0 fully saturated rings. The largest absolute Gasteiger partial charge is 0.337 e. The molecule has 3 heteroatoms. The van der Waals surface area contributed by atoms with Gasteiger partial charge >= 0.3 is 0 Å². The third kappa shape index (κ3) is 7.94. The van der Waals surface area contributed by atoms with E-state index in [1.54, 1.807) is 0 Å². The molecule has 9 aromatic carbocycles. The van der Waals surface area contributed by atoms with Gasteiger partial charge in [-0.3, -0.25) is 0 Å². The Morgan fingerprint density at radius 1 is 0.391 bits per heavy atom. The van der Waals surface area contributed by atoms with Crippen molar-refractivity contribution >= 4 is 38.8 Å². The highest BCUT2D eigenvalue weighted by Gasteiger charge is 2.23. The van der Waals surface area contributed by atoms with Crippen molar-refractivity contribution in [2.24, 2.45) is 0 Å². The van der Waals surface area contributed by atoms with E-state index in [-0.39, 0.29) is 5.92 Å². The van der Waals surface area contributed by atoms with E-state index in [1.165, 1.54) is 66.5 Å². The molecule has 69 heavy (non-hydrogen) atoms. The van der Waals surface area contributed by atoms with E-state index in [9.17, 15) is 0 Å². The van der Waals surface area contributed by atoms with Gasteiger partial charge in [0.1, 0.15) is 0 Å². The van der Waals surface area contributed by atoms with Gasteiger partial charge in [0.25, 0.3) is 0 Å². The van der Waals surface area contributed by atoms with E-state index >= 15 is 0 Å². The quantitative estimate of drug-likeness (QED) is 0.152. The zero-order valence-electron chi connectivity index (χ0n) is 38.5. The Morgan fingerprint density at radius 2 is 0.855 bits per heavy atom. The van der Waals surface area contributed by atoms with Gasteiger partial charge in [-0.25, -0.2) is 4.98 Å². The molecule has 0 saturated carbocycles. The second kappa shape index (κ2) is 18.1. The standard InChI is InChI=1S/C66H49N3/c1-46-42-51(47-20-6-2-7-21-47)28-19-41-68(63-38-35-52(43-57(46)63)48-22-8-3-9-23-48)62-33-16-14-29-55(62)60-31-18-32-61(67-60)56-30-15-17-34-64(56)69-65-39-36-53(49-24-10-4-11-25-49)44-58(65)59-45-54(37-40-66(59)69)50-26-12-5-13-27-50/h2-40,42-46H,41H2,1H3/b28-19-,51-42+/t46-/m1/s1. The maximum Gasteiger partial charge on any atom is 0.0730 e. The Balaban J connectivity index is 0.987. The molecule has 328 valence electrons. The van der Waals surface area contributed by atoms with Crippen molar-refractivity contribution in [2.45, 2.75) is 12.8 Å². The summed E-state index contributed by atoms with van der Waals surface area (Å²) in [7, 11) is 0. The van der Waals surface area contributed by atoms with Crippen molar-refractivity contribution < 1.29 is 0 Å². The average molecular weight is 884 g/mol. The predicted molar refractivity (Wildman–Crippen MR) is 291 cm³/mol. The third-order valence-corrected chi connectivity index (χ3v) is 13.7. The Kier molecular flexibility index (Phi) is 10.9. The smallest absolute Gasteiger partial charge is 0.0730 e. The molecule has 0 spiro atoms. The van der Waals surface area contributed by atoms with Crippen LogP contribution in [0.5, 0.6) is 0 Å². The van der Waals surface area contributed by atoms with Gasteiger partial charge < -0.3 is 9.47 Å². The van der Waals surface area contributed by atoms with E-state index in [1.807, 2.05) is 0 Å². The molecule has 1 aliphatic heterocycles. The molecular weight excluding hydrogens is 835 g/mol. The molecule has 0 N–H and O–H groups in total. The minimum absolute atomic E-state index is 0.130. The third-order valence-electron chi connectivity index (χ3n) is 13.7. The number of rotatable bonds is 8. The van der Waals surface area contributed by atoms with Gasteiger partial charge in [-0.15, -0.1) is 0 Å². The summed E-state index contributed by atoms with van der Waals surface area (Å²) in [6, 6.07) is 87.5. The number of nitrogens with zero attached hydrogens (tertiary/aromatic N) is 3. The first-order valence-electron chi connectivity index (χ1n) is 23.9. The number of fused-ring (bicyclic) bond motifs is 4. The highest BCUT2D eigenvalue weighted by atomic mass is 15.1. The number of para-hydroxylation sites is 2. The lowest BCUT2D eigenvalue weighted by molar-refractivity contribution is 0.953. The van der Waals surface area contributed by atoms with Gasteiger partial charge in [0.05, 0.1) is 33.8 Å². The average Bonchev–Trinajstić information content (AvgIpc) is 3.78. The van der Waals surface area contributed by atoms with Gasteiger partial charge in [0, 0.05) is 40.0 Å². The maximum atomic E-state index is 5.58. The van der Waals surface area contributed by atoms with E-state index in [0.717, 1.165) is 44.9 Å². The SMILES string of the molecule is C[C@@H]1/C=C(c2ccccc2)\C=C/CN(c2ccccc2-c2cccc(-c3ccccc3-n3c4ccc(-c5ccccc5)cc4c4cc(-c5ccccc5)ccc43)n2)c2ccc(-c3ccccc3)cc21. The van der Waals surface area contributed by atoms with Crippen LogP contribution < -0.4 is 4.90 Å². The van der Waals surface area contributed by atoms with Crippen LogP contribution in [0.25, 0.3) is 89.0 Å². The van der Waals surface area contributed by atoms with E-state index in [0.29, 0.717) is 6.54 Å². The van der Waals surface area contributed by atoms with Gasteiger partial charge in [-0.2, -0.15) is 0 Å². The normalized spacial score (nSPS) is 14.9. The number of aromatic nitrogens is 2. The van der Waals surface area contributed by atoms with Crippen LogP contribution in [0.4, 0.5) is 11.4 Å². The van der Waals surface area contributed by atoms with E-state index in [4.69, 9.17) is 4.98 Å². The molecule has 2 aromatic heterocycles. The first kappa shape index (κ1) is 41.6. The molecule has 0 bridgehead atoms. The topological polar surface area (TPSA) is 21.1 Å². The van der Waals surface area contributed by atoms with Crippen molar-refractivity contribution in [3.05, 3.63) is 272 Å². The van der Waals surface area contributed by atoms with E-state index < -0.39 is 0 Å². The van der Waals surface area contributed by atoms with Gasteiger partial charge in [0.15, 0.2) is 0 Å². The second-order valence-electron chi connectivity index (χ2n) is 17.9. The summed E-state index contributed by atoms with van der Waals surface area (Å²) in [6.07, 6.45) is 7.01. The number of benzene rings is 9. The number of hydrogen-bond acceptors (Lipinski definition) is 2. The van der Waals surface area contributed by atoms with Crippen LogP contribution in [0.15, 0.2) is 261 Å². The van der Waals surface area contributed by atoms with Gasteiger partial charge in [0.2, 0.25) is 0 Å². The zero-order valence-corrected chi connectivity index (χ0v) is 38.5. The number of hydrogen-bond donors (Lipinski definition) is 0. The van der Waals surface area contributed by atoms with Crippen molar-refractivity contribution in [2.75, 3.05) is 11.4 Å². The minimum Gasteiger partial charge on any atom is -0.337 e. The first-order valence-corrected chi connectivity index (χ1v) is 23.9. The van der Waals surface area contributed by atoms with Crippen molar-refractivity contribution in [1.29, 1.82) is 0 Å². The van der Waals surface area contributed by atoms with Crippen LogP contribution in [0, 0.1) is 0 Å². The fourth-order valence-corrected chi connectivity index (χ4v) is 10.3. The molecule has 0 aliphatic carbocycles. The molecule has 0 radical (unpaired) electrons. The van der Waals surface area contributed by atoms with Gasteiger partial charge in [-0.1, -0.05) is 207 Å². The molecule has 0 unspecified atom stereocenters. The summed E-state index contributed by atoms with van der Waals surface area (Å²) in [5.41, 5.74) is 20.6. The number of anilines is 2. The summed E-state index contributed by atoms with van der Waals surface area (Å²) in [5.74, 6) is 0.130. The second-order valence-corrected chi connectivity index (χ2v) is 17.9. The zero-order chi connectivity index (χ0) is 46.1. The Hall–Kier alpha value is -8.79. The molecule has 0 saturated heterocycles. The van der Waals surface area contributed by atoms with Crippen molar-refractivity contribution in [3.63, 3.8) is 0 Å². The van der Waals surface area contributed by atoms with Crippen LogP contribution in [0.1, 0.15) is 24.0 Å². The fourth-order valence-electron chi connectivity index (χ4n) is 10.3. The van der Waals surface area contributed by atoms with Crippen LogP contribution in [-0.4, -0.2) is 16.1 Å². The fraction of sp³-hybridized carbons (Fsp3) is 0.0455. The summed E-state index contributed by atoms with van der Waals surface area (Å²) >= 11 is 0. The first-order chi connectivity index (χ1) is 34.1. The Labute approximate surface area is 404 Å².